The van der Waals surface area contributed by atoms with Gasteiger partial charge in [-0.2, -0.15) is 0 Å². The molecule has 0 heterocycles. The normalized spacial score (nSPS) is 12.5. The summed E-state index contributed by atoms with van der Waals surface area (Å²) in [5.74, 6) is -0.916. The molecule has 0 fully saturated rings. The van der Waals surface area contributed by atoms with Crippen LogP contribution in [0, 0.1) is 5.41 Å². The molecular weight excluding hydrogens is 236 g/mol. The molecular formula is C12H22N2O4. The lowest BCUT2D eigenvalue weighted by Gasteiger charge is -2.17. The molecule has 0 aliphatic heterocycles. The van der Waals surface area contributed by atoms with Crippen LogP contribution in [0.25, 0.3) is 0 Å². The third-order valence-corrected chi connectivity index (χ3v) is 2.25. The van der Waals surface area contributed by atoms with Gasteiger partial charge in [0.2, 0.25) is 11.8 Å². The molecule has 2 N–H and O–H groups in total. The summed E-state index contributed by atoms with van der Waals surface area (Å²) in [5, 5.41) is 5.13. The van der Waals surface area contributed by atoms with Gasteiger partial charge in [0.1, 0.15) is 6.04 Å². The number of nitrogens with one attached hydrogen (secondary N) is 2. The molecule has 18 heavy (non-hydrogen) atoms. The lowest BCUT2D eigenvalue weighted by Crippen LogP contribution is -2.41. The minimum Gasteiger partial charge on any atom is -0.467 e. The molecule has 0 aliphatic carbocycles. The van der Waals surface area contributed by atoms with E-state index in [9.17, 15) is 14.4 Å². The van der Waals surface area contributed by atoms with Crippen LogP contribution in [0.15, 0.2) is 0 Å². The van der Waals surface area contributed by atoms with Gasteiger partial charge in [0.25, 0.3) is 0 Å². The van der Waals surface area contributed by atoms with Gasteiger partial charge >= 0.3 is 5.97 Å². The van der Waals surface area contributed by atoms with Crippen LogP contribution in [0.3, 0.4) is 0 Å². The molecule has 0 aromatic carbocycles. The van der Waals surface area contributed by atoms with E-state index < -0.39 is 17.4 Å². The van der Waals surface area contributed by atoms with Gasteiger partial charge in [-0.3, -0.25) is 9.59 Å². The number of carbonyl (C=O) groups is 3. The minimum absolute atomic E-state index is 0.115. The van der Waals surface area contributed by atoms with Gasteiger partial charge in [0.15, 0.2) is 0 Å². The fourth-order valence-corrected chi connectivity index (χ4v) is 1.10. The maximum atomic E-state index is 11.5. The van der Waals surface area contributed by atoms with Crippen molar-refractivity contribution < 1.29 is 19.1 Å². The third kappa shape index (κ3) is 6.22. The summed E-state index contributed by atoms with van der Waals surface area (Å²) in [5.41, 5.74) is -0.476. The Balaban J connectivity index is 3.92. The minimum atomic E-state index is -0.680. The molecule has 104 valence electrons. The molecule has 0 aromatic rings. The van der Waals surface area contributed by atoms with Crippen LogP contribution in [-0.2, 0) is 19.1 Å². The lowest BCUT2D eigenvalue weighted by molar-refractivity contribution is -0.144. The summed E-state index contributed by atoms with van der Waals surface area (Å²) in [7, 11) is 1.26. The number of methoxy groups -OCH3 is 1. The van der Waals surface area contributed by atoms with Gasteiger partial charge in [-0.1, -0.05) is 20.8 Å². The van der Waals surface area contributed by atoms with E-state index in [0.717, 1.165) is 0 Å². The van der Waals surface area contributed by atoms with E-state index in [0.29, 0.717) is 0 Å². The van der Waals surface area contributed by atoms with Gasteiger partial charge in [-0.05, 0) is 6.92 Å². The molecule has 0 saturated heterocycles. The molecule has 0 radical (unpaired) electrons. The average molecular weight is 258 g/mol. The summed E-state index contributed by atoms with van der Waals surface area (Å²) >= 11 is 0. The Morgan fingerprint density at radius 3 is 2.22 bits per heavy atom. The monoisotopic (exact) mass is 258 g/mol. The van der Waals surface area contributed by atoms with Crippen molar-refractivity contribution in [2.24, 2.45) is 5.41 Å². The lowest BCUT2D eigenvalue weighted by atomic mass is 9.96. The van der Waals surface area contributed by atoms with E-state index in [1.807, 2.05) is 0 Å². The van der Waals surface area contributed by atoms with E-state index in [1.54, 1.807) is 20.8 Å². The van der Waals surface area contributed by atoms with Crippen LogP contribution in [0.1, 0.15) is 34.1 Å². The standard InChI is InChI=1S/C12H22N2O4/c1-8(10(16)18-5)14-9(15)6-7-13-11(17)12(2,3)4/h8H,6-7H2,1-5H3,(H,13,17)(H,14,15). The predicted molar refractivity (Wildman–Crippen MR) is 66.7 cm³/mol. The van der Waals surface area contributed by atoms with Crippen LogP contribution >= 0.6 is 0 Å². The molecule has 0 aromatic heterocycles. The first-order chi connectivity index (χ1) is 8.18. The molecule has 0 rings (SSSR count). The quantitative estimate of drug-likeness (QED) is 0.691. The summed E-state index contributed by atoms with van der Waals surface area (Å²) in [6.45, 7) is 7.17. The van der Waals surface area contributed by atoms with Crippen LogP contribution in [-0.4, -0.2) is 37.5 Å². The van der Waals surface area contributed by atoms with E-state index in [2.05, 4.69) is 15.4 Å². The molecule has 6 nitrogen and oxygen atoms in total. The molecule has 0 spiro atoms. The Kier molecular flexibility index (Phi) is 6.36. The van der Waals surface area contributed by atoms with Crippen molar-refractivity contribution in [2.75, 3.05) is 13.7 Å². The summed E-state index contributed by atoms with van der Waals surface area (Å²) in [4.78, 5) is 34.0. The van der Waals surface area contributed by atoms with Crippen LogP contribution in [0.5, 0.6) is 0 Å². The van der Waals surface area contributed by atoms with E-state index in [-0.39, 0.29) is 24.8 Å². The number of carbonyl (C=O) groups excluding carboxylic acids is 3. The number of esters is 1. The maximum Gasteiger partial charge on any atom is 0.328 e. The fraction of sp³-hybridized carbons (Fsp3) is 0.750. The van der Waals surface area contributed by atoms with E-state index in [4.69, 9.17) is 0 Å². The van der Waals surface area contributed by atoms with Crippen molar-refractivity contribution in [2.45, 2.75) is 40.2 Å². The molecule has 2 amide bonds. The van der Waals surface area contributed by atoms with Crippen molar-refractivity contribution in [1.82, 2.24) is 10.6 Å². The molecule has 6 heteroatoms. The Morgan fingerprint density at radius 2 is 1.78 bits per heavy atom. The Labute approximate surface area is 107 Å². The van der Waals surface area contributed by atoms with Crippen molar-refractivity contribution in [3.63, 3.8) is 0 Å². The Hall–Kier alpha value is -1.59. The molecule has 0 aliphatic rings. The van der Waals surface area contributed by atoms with E-state index >= 15 is 0 Å². The van der Waals surface area contributed by atoms with Gasteiger partial charge in [-0.15, -0.1) is 0 Å². The summed E-state index contributed by atoms with van der Waals surface area (Å²) in [6, 6.07) is -0.680. The van der Waals surface area contributed by atoms with Gasteiger partial charge in [0, 0.05) is 18.4 Å². The SMILES string of the molecule is COC(=O)C(C)NC(=O)CCNC(=O)C(C)(C)C. The topological polar surface area (TPSA) is 84.5 Å². The number of hydrogen-bond donors (Lipinski definition) is 2. The molecule has 1 atom stereocenters. The van der Waals surface area contributed by atoms with Gasteiger partial charge in [-0.25, -0.2) is 4.79 Å². The molecule has 0 saturated carbocycles. The molecule has 1 unspecified atom stereocenters. The largest absolute Gasteiger partial charge is 0.467 e. The second-order valence-corrected chi connectivity index (χ2v) is 5.07. The second-order valence-electron chi connectivity index (χ2n) is 5.07. The van der Waals surface area contributed by atoms with Crippen molar-refractivity contribution in [3.8, 4) is 0 Å². The smallest absolute Gasteiger partial charge is 0.328 e. The Morgan fingerprint density at radius 1 is 1.22 bits per heavy atom. The summed E-state index contributed by atoms with van der Waals surface area (Å²) in [6.07, 6.45) is 0.128. The highest BCUT2D eigenvalue weighted by Gasteiger charge is 2.21. The Bertz CT molecular complexity index is 321. The third-order valence-electron chi connectivity index (χ3n) is 2.25. The fourth-order valence-electron chi connectivity index (χ4n) is 1.10. The van der Waals surface area contributed by atoms with E-state index in [1.165, 1.54) is 14.0 Å². The van der Waals surface area contributed by atoms with Crippen molar-refractivity contribution in [1.29, 1.82) is 0 Å². The van der Waals surface area contributed by atoms with Crippen LogP contribution < -0.4 is 10.6 Å². The zero-order valence-corrected chi connectivity index (χ0v) is 11.6. The number of rotatable bonds is 5. The maximum absolute atomic E-state index is 11.5. The zero-order valence-electron chi connectivity index (χ0n) is 11.6. The van der Waals surface area contributed by atoms with Crippen molar-refractivity contribution in [3.05, 3.63) is 0 Å². The highest BCUT2D eigenvalue weighted by molar-refractivity contribution is 5.85. The first kappa shape index (κ1) is 16.4. The number of amides is 2. The highest BCUT2D eigenvalue weighted by atomic mass is 16.5. The van der Waals surface area contributed by atoms with Crippen molar-refractivity contribution >= 4 is 17.8 Å². The van der Waals surface area contributed by atoms with Crippen LogP contribution in [0.4, 0.5) is 0 Å². The van der Waals surface area contributed by atoms with Crippen LogP contribution in [0.2, 0.25) is 0 Å². The highest BCUT2D eigenvalue weighted by Crippen LogP contribution is 2.11. The first-order valence-electron chi connectivity index (χ1n) is 5.84. The number of hydrogen-bond acceptors (Lipinski definition) is 4. The second kappa shape index (κ2) is 6.98. The number of ether oxygens (including phenoxy) is 1. The molecule has 0 bridgehead atoms. The summed E-state index contributed by atoms with van der Waals surface area (Å²) < 4.78 is 4.48. The van der Waals surface area contributed by atoms with Gasteiger partial charge < -0.3 is 15.4 Å². The predicted octanol–water partition coefficient (Wildman–Crippen LogP) is 0.217. The first-order valence-corrected chi connectivity index (χ1v) is 5.84. The zero-order chi connectivity index (χ0) is 14.3. The average Bonchev–Trinajstić information content (AvgIpc) is 2.26. The van der Waals surface area contributed by atoms with Gasteiger partial charge in [0.05, 0.1) is 7.11 Å².